The minimum Gasteiger partial charge on any atom is -0.395 e. The monoisotopic (exact) mass is 291 g/mol. The molecule has 0 radical (unpaired) electrons. The van der Waals surface area contributed by atoms with Gasteiger partial charge in [-0.25, -0.2) is 4.98 Å². The summed E-state index contributed by atoms with van der Waals surface area (Å²) in [6.45, 7) is 0.427. The third-order valence-corrected chi connectivity index (χ3v) is 3.99. The molecule has 7 nitrogen and oxygen atoms in total. The van der Waals surface area contributed by atoms with Gasteiger partial charge in [0.25, 0.3) is 5.56 Å². The number of benzene rings is 1. The van der Waals surface area contributed by atoms with E-state index in [9.17, 15) is 20.1 Å². The Morgan fingerprint density at radius 1 is 1.38 bits per heavy atom. The van der Waals surface area contributed by atoms with E-state index in [4.69, 9.17) is 0 Å². The zero-order valence-electron chi connectivity index (χ0n) is 11.3. The first-order valence-electron chi connectivity index (χ1n) is 6.78. The summed E-state index contributed by atoms with van der Waals surface area (Å²) in [6.07, 6.45) is -0.499. The molecule has 0 spiro atoms. The zero-order valence-corrected chi connectivity index (χ0v) is 11.3. The number of H-pyrrole nitrogens is 1. The Morgan fingerprint density at radius 3 is 2.95 bits per heavy atom. The van der Waals surface area contributed by atoms with E-state index >= 15 is 0 Å². The summed E-state index contributed by atoms with van der Waals surface area (Å²) in [4.78, 5) is 20.3. The summed E-state index contributed by atoms with van der Waals surface area (Å²) in [5, 5.41) is 29.4. The number of aromatic amines is 1. The van der Waals surface area contributed by atoms with Crippen molar-refractivity contribution < 1.29 is 15.3 Å². The summed E-state index contributed by atoms with van der Waals surface area (Å²) < 4.78 is 0. The molecular formula is C14H17N3O4. The van der Waals surface area contributed by atoms with Gasteiger partial charge in [-0.2, -0.15) is 0 Å². The highest BCUT2D eigenvalue weighted by atomic mass is 16.3. The smallest absolute Gasteiger partial charge is 0.258 e. The molecule has 1 fully saturated rings. The van der Waals surface area contributed by atoms with E-state index in [1.165, 1.54) is 6.33 Å². The summed E-state index contributed by atoms with van der Waals surface area (Å²) in [7, 11) is 0. The lowest BCUT2D eigenvalue weighted by atomic mass is 10.1. The molecule has 0 saturated carbocycles. The highest BCUT2D eigenvalue weighted by Gasteiger charge is 2.39. The molecule has 2 heterocycles. The Kier molecular flexibility index (Phi) is 3.73. The number of aliphatic hydroxyl groups is 3. The van der Waals surface area contributed by atoms with Gasteiger partial charge >= 0.3 is 0 Å². The molecule has 0 unspecified atom stereocenters. The second kappa shape index (κ2) is 5.53. The molecule has 1 aliphatic rings. The Hall–Kier alpha value is -1.80. The first-order valence-corrected chi connectivity index (χ1v) is 6.78. The van der Waals surface area contributed by atoms with Gasteiger partial charge in [0.1, 0.15) is 0 Å². The number of fused-ring (bicyclic) bond motifs is 1. The number of hydrogen-bond donors (Lipinski definition) is 4. The fourth-order valence-electron chi connectivity index (χ4n) is 2.87. The quantitative estimate of drug-likeness (QED) is 0.567. The van der Waals surface area contributed by atoms with Gasteiger partial charge in [-0.05, 0) is 11.6 Å². The molecule has 3 rings (SSSR count). The van der Waals surface area contributed by atoms with Crippen molar-refractivity contribution in [2.75, 3.05) is 13.2 Å². The number of aromatic nitrogens is 2. The molecule has 7 heteroatoms. The lowest BCUT2D eigenvalue weighted by Gasteiger charge is -2.24. The van der Waals surface area contributed by atoms with E-state index in [0.717, 1.165) is 5.56 Å². The predicted octanol–water partition coefficient (Wildman–Crippen LogP) is -1.18. The molecule has 1 saturated heterocycles. The van der Waals surface area contributed by atoms with Crippen molar-refractivity contribution in [2.45, 2.75) is 24.8 Å². The fraction of sp³-hybridized carbons (Fsp3) is 0.429. The molecule has 1 aromatic carbocycles. The molecule has 1 aliphatic heterocycles. The lowest BCUT2D eigenvalue weighted by Crippen LogP contribution is -2.38. The summed E-state index contributed by atoms with van der Waals surface area (Å²) in [5.41, 5.74) is 1.20. The van der Waals surface area contributed by atoms with Gasteiger partial charge in [0.05, 0.1) is 42.1 Å². The Morgan fingerprint density at radius 2 is 2.19 bits per heavy atom. The first kappa shape index (κ1) is 14.2. The maximum atomic E-state index is 11.8. The van der Waals surface area contributed by atoms with Crippen molar-refractivity contribution in [3.05, 3.63) is 40.4 Å². The molecule has 0 aliphatic carbocycles. The van der Waals surface area contributed by atoms with E-state index < -0.39 is 18.2 Å². The summed E-state index contributed by atoms with van der Waals surface area (Å²) in [5.74, 6) is 0. The van der Waals surface area contributed by atoms with Gasteiger partial charge in [-0.15, -0.1) is 0 Å². The zero-order chi connectivity index (χ0) is 15.0. The normalized spacial score (nSPS) is 26.5. The van der Waals surface area contributed by atoms with Crippen molar-refractivity contribution in [1.29, 1.82) is 0 Å². The molecule has 0 bridgehead atoms. The number of hydrogen-bond acceptors (Lipinski definition) is 6. The average molecular weight is 291 g/mol. The highest BCUT2D eigenvalue weighted by Crippen LogP contribution is 2.23. The van der Waals surface area contributed by atoms with Gasteiger partial charge in [-0.3, -0.25) is 9.69 Å². The fourth-order valence-corrected chi connectivity index (χ4v) is 2.87. The predicted molar refractivity (Wildman–Crippen MR) is 75.7 cm³/mol. The molecular weight excluding hydrogens is 274 g/mol. The SMILES string of the molecule is O=c1[nH]cnc2c(CN3C[C@H](O)[C@H](O)[C@H]3CO)cccc12. The average Bonchev–Trinajstić information content (AvgIpc) is 2.74. The molecule has 112 valence electrons. The maximum Gasteiger partial charge on any atom is 0.258 e. The van der Waals surface area contributed by atoms with E-state index in [1.54, 1.807) is 17.0 Å². The van der Waals surface area contributed by atoms with Gasteiger partial charge < -0.3 is 20.3 Å². The van der Waals surface area contributed by atoms with Crippen LogP contribution in [0.3, 0.4) is 0 Å². The van der Waals surface area contributed by atoms with Crippen LogP contribution in [0.1, 0.15) is 5.56 Å². The van der Waals surface area contributed by atoms with E-state index in [1.807, 2.05) is 6.07 Å². The Labute approximate surface area is 120 Å². The largest absolute Gasteiger partial charge is 0.395 e. The number of likely N-dealkylation sites (tertiary alicyclic amines) is 1. The molecule has 3 atom stereocenters. The second-order valence-electron chi connectivity index (χ2n) is 5.28. The third-order valence-electron chi connectivity index (χ3n) is 3.99. The van der Waals surface area contributed by atoms with Crippen molar-refractivity contribution in [2.24, 2.45) is 0 Å². The van der Waals surface area contributed by atoms with Crippen LogP contribution in [0.2, 0.25) is 0 Å². The molecule has 4 N–H and O–H groups in total. The van der Waals surface area contributed by atoms with Crippen LogP contribution in [0.15, 0.2) is 29.3 Å². The van der Waals surface area contributed by atoms with Crippen LogP contribution in [0.4, 0.5) is 0 Å². The van der Waals surface area contributed by atoms with Crippen LogP contribution in [-0.2, 0) is 6.54 Å². The molecule has 2 aromatic rings. The topological polar surface area (TPSA) is 110 Å². The minimum absolute atomic E-state index is 0.206. The molecule has 0 amide bonds. The van der Waals surface area contributed by atoms with E-state index in [0.29, 0.717) is 17.4 Å². The van der Waals surface area contributed by atoms with Gasteiger partial charge in [0.2, 0.25) is 0 Å². The highest BCUT2D eigenvalue weighted by molar-refractivity contribution is 5.80. The number of para-hydroxylation sites is 1. The van der Waals surface area contributed by atoms with Crippen LogP contribution in [0.5, 0.6) is 0 Å². The number of rotatable bonds is 3. The van der Waals surface area contributed by atoms with Crippen molar-refractivity contribution in [3.8, 4) is 0 Å². The van der Waals surface area contributed by atoms with Gasteiger partial charge in [0, 0.05) is 13.1 Å². The van der Waals surface area contributed by atoms with Crippen LogP contribution in [0.25, 0.3) is 10.9 Å². The second-order valence-corrected chi connectivity index (χ2v) is 5.28. The standard InChI is InChI=1S/C14H17N3O4/c18-6-10-13(20)11(19)5-17(10)4-8-2-1-3-9-12(8)15-7-16-14(9)21/h1-3,7,10-11,13,18-20H,4-6H2,(H,15,16,21)/t10-,11+,13-/m1/s1. The van der Waals surface area contributed by atoms with E-state index in [-0.39, 0.29) is 18.7 Å². The summed E-state index contributed by atoms with van der Waals surface area (Å²) >= 11 is 0. The van der Waals surface area contributed by atoms with Crippen LogP contribution in [-0.4, -0.2) is 61.6 Å². The minimum atomic E-state index is -0.971. The first-order chi connectivity index (χ1) is 10.1. The third kappa shape index (κ3) is 2.44. The van der Waals surface area contributed by atoms with Crippen molar-refractivity contribution in [3.63, 3.8) is 0 Å². The van der Waals surface area contributed by atoms with Crippen LogP contribution < -0.4 is 5.56 Å². The molecule has 21 heavy (non-hydrogen) atoms. The number of nitrogens with one attached hydrogen (secondary N) is 1. The van der Waals surface area contributed by atoms with Gasteiger partial charge in [-0.1, -0.05) is 12.1 Å². The summed E-state index contributed by atoms with van der Waals surface area (Å²) in [6, 6.07) is 4.80. The van der Waals surface area contributed by atoms with E-state index in [2.05, 4.69) is 9.97 Å². The lowest BCUT2D eigenvalue weighted by molar-refractivity contribution is 0.0210. The van der Waals surface area contributed by atoms with Gasteiger partial charge in [0.15, 0.2) is 0 Å². The maximum absolute atomic E-state index is 11.8. The van der Waals surface area contributed by atoms with Crippen molar-refractivity contribution in [1.82, 2.24) is 14.9 Å². The molecule has 1 aromatic heterocycles. The van der Waals surface area contributed by atoms with Crippen LogP contribution >= 0.6 is 0 Å². The number of nitrogens with zero attached hydrogens (tertiary/aromatic N) is 2. The Balaban J connectivity index is 1.95. The Bertz CT molecular complexity index is 702. The number of β-amino-alcohol motifs (C(OH)–C–C–N with tert-alkyl or cyclic N) is 1. The van der Waals surface area contributed by atoms with Crippen LogP contribution in [0, 0.1) is 0 Å². The van der Waals surface area contributed by atoms with Crippen molar-refractivity contribution >= 4 is 10.9 Å². The number of aliphatic hydroxyl groups excluding tert-OH is 3.